The van der Waals surface area contributed by atoms with Gasteiger partial charge in [-0.2, -0.15) is 0 Å². The molecule has 25 heavy (non-hydrogen) atoms. The molecule has 4 nitrogen and oxygen atoms in total. The van der Waals surface area contributed by atoms with Crippen molar-refractivity contribution < 1.29 is 9.59 Å². The molecule has 0 radical (unpaired) electrons. The van der Waals surface area contributed by atoms with E-state index >= 15 is 0 Å². The third-order valence-electron chi connectivity index (χ3n) is 4.75. The molecule has 2 unspecified atom stereocenters. The second-order valence-electron chi connectivity index (χ2n) is 6.45. The van der Waals surface area contributed by atoms with Gasteiger partial charge in [0.15, 0.2) is 0 Å². The van der Waals surface area contributed by atoms with E-state index in [-0.39, 0.29) is 23.7 Å². The summed E-state index contributed by atoms with van der Waals surface area (Å²) in [4.78, 5) is 24.9. The maximum Gasteiger partial charge on any atom is 0.228 e. The minimum absolute atomic E-state index is 0.0520. The zero-order valence-electron chi connectivity index (χ0n) is 14.7. The lowest BCUT2D eigenvalue weighted by Crippen LogP contribution is -2.21. The fourth-order valence-electron chi connectivity index (χ4n) is 3.15. The lowest BCUT2D eigenvalue weighted by Gasteiger charge is -2.14. The number of amides is 2. The average Bonchev–Trinajstić information content (AvgIpc) is 3.43. The highest BCUT2D eigenvalue weighted by atomic mass is 16.2. The van der Waals surface area contributed by atoms with Crippen LogP contribution >= 0.6 is 0 Å². The van der Waals surface area contributed by atoms with Crippen molar-refractivity contribution in [3.8, 4) is 0 Å². The highest BCUT2D eigenvalue weighted by molar-refractivity contribution is 6.03. The minimum Gasteiger partial charge on any atom is -0.326 e. The van der Waals surface area contributed by atoms with Crippen molar-refractivity contribution in [1.29, 1.82) is 0 Å². The van der Waals surface area contributed by atoms with Crippen molar-refractivity contribution in [2.24, 2.45) is 11.8 Å². The van der Waals surface area contributed by atoms with Gasteiger partial charge in [-0.1, -0.05) is 50.2 Å². The normalized spacial score (nSPS) is 18.5. The molecule has 0 aromatic heterocycles. The number of carbonyl (C=O) groups excluding carboxylic acids is 2. The first-order chi connectivity index (χ1) is 12.1. The van der Waals surface area contributed by atoms with Crippen LogP contribution in [0.2, 0.25) is 0 Å². The smallest absolute Gasteiger partial charge is 0.228 e. The summed E-state index contributed by atoms with van der Waals surface area (Å²) in [6.07, 6.45) is 2.35. The van der Waals surface area contributed by atoms with Crippen LogP contribution in [-0.2, 0) is 22.4 Å². The van der Waals surface area contributed by atoms with Crippen molar-refractivity contribution in [1.82, 2.24) is 0 Å². The molecule has 1 aliphatic carbocycles. The van der Waals surface area contributed by atoms with Gasteiger partial charge in [0.2, 0.25) is 11.8 Å². The van der Waals surface area contributed by atoms with E-state index in [0.717, 1.165) is 35.3 Å². The number of nitrogens with one attached hydrogen (secondary N) is 2. The Morgan fingerprint density at radius 3 is 1.96 bits per heavy atom. The molecule has 4 heteroatoms. The van der Waals surface area contributed by atoms with E-state index in [2.05, 4.69) is 24.5 Å². The van der Waals surface area contributed by atoms with E-state index in [1.54, 1.807) is 0 Å². The molecule has 0 spiro atoms. The Labute approximate surface area is 148 Å². The maximum atomic E-state index is 12.6. The zero-order valence-corrected chi connectivity index (χ0v) is 14.7. The predicted molar refractivity (Wildman–Crippen MR) is 100 cm³/mol. The van der Waals surface area contributed by atoms with E-state index in [9.17, 15) is 9.59 Å². The minimum atomic E-state index is -0.238. The first-order valence-corrected chi connectivity index (χ1v) is 8.91. The lowest BCUT2D eigenvalue weighted by atomic mass is 10.0. The fraction of sp³-hybridized carbons (Fsp3) is 0.333. The first kappa shape index (κ1) is 17.2. The molecule has 130 valence electrons. The van der Waals surface area contributed by atoms with E-state index < -0.39 is 0 Å². The first-order valence-electron chi connectivity index (χ1n) is 8.91. The summed E-state index contributed by atoms with van der Waals surface area (Å²) in [6, 6.07) is 15.5. The van der Waals surface area contributed by atoms with Gasteiger partial charge in [-0.15, -0.1) is 0 Å². The molecule has 1 aliphatic rings. The van der Waals surface area contributed by atoms with Gasteiger partial charge in [-0.05, 0) is 42.5 Å². The van der Waals surface area contributed by atoms with Gasteiger partial charge < -0.3 is 10.6 Å². The predicted octanol–water partition coefficient (Wildman–Crippen LogP) is 4.02. The highest BCUT2D eigenvalue weighted by Crippen LogP contribution is 2.40. The Morgan fingerprint density at radius 2 is 1.40 bits per heavy atom. The second-order valence-corrected chi connectivity index (χ2v) is 6.45. The molecule has 0 bridgehead atoms. The molecule has 2 aromatic carbocycles. The fourth-order valence-corrected chi connectivity index (χ4v) is 3.15. The number of hydrogen-bond acceptors (Lipinski definition) is 2. The van der Waals surface area contributed by atoms with Crippen LogP contribution in [0.15, 0.2) is 48.5 Å². The molecule has 0 aliphatic heterocycles. The molecule has 1 fully saturated rings. The van der Waals surface area contributed by atoms with Gasteiger partial charge in [0, 0.05) is 11.4 Å². The lowest BCUT2D eigenvalue weighted by molar-refractivity contribution is -0.122. The highest BCUT2D eigenvalue weighted by Gasteiger charge is 2.48. The third-order valence-corrected chi connectivity index (χ3v) is 4.75. The SMILES string of the molecule is CCc1cccc(CC)c1NC(=O)C1CC1C(=O)Nc1ccccc1. The quantitative estimate of drug-likeness (QED) is 0.837. The summed E-state index contributed by atoms with van der Waals surface area (Å²) >= 11 is 0. The van der Waals surface area contributed by atoms with Gasteiger partial charge in [0.1, 0.15) is 0 Å². The van der Waals surface area contributed by atoms with Crippen molar-refractivity contribution in [2.75, 3.05) is 10.6 Å². The van der Waals surface area contributed by atoms with Crippen molar-refractivity contribution in [3.05, 3.63) is 59.7 Å². The largest absolute Gasteiger partial charge is 0.326 e. The van der Waals surface area contributed by atoms with Crippen LogP contribution in [0.1, 0.15) is 31.4 Å². The van der Waals surface area contributed by atoms with Gasteiger partial charge >= 0.3 is 0 Å². The zero-order chi connectivity index (χ0) is 17.8. The molecule has 0 heterocycles. The van der Waals surface area contributed by atoms with Crippen molar-refractivity contribution in [2.45, 2.75) is 33.1 Å². The number of para-hydroxylation sites is 2. The number of rotatable bonds is 6. The number of benzene rings is 2. The van der Waals surface area contributed by atoms with Gasteiger partial charge in [0.25, 0.3) is 0 Å². The Morgan fingerprint density at radius 1 is 0.840 bits per heavy atom. The van der Waals surface area contributed by atoms with E-state index in [4.69, 9.17) is 0 Å². The van der Waals surface area contributed by atoms with E-state index in [1.807, 2.05) is 48.5 Å². The molecule has 2 atom stereocenters. The van der Waals surface area contributed by atoms with Crippen LogP contribution in [0, 0.1) is 11.8 Å². The summed E-state index contributed by atoms with van der Waals surface area (Å²) in [5, 5.41) is 5.95. The Hall–Kier alpha value is -2.62. The van der Waals surface area contributed by atoms with Crippen LogP contribution in [-0.4, -0.2) is 11.8 Å². The molecule has 2 N–H and O–H groups in total. The molecular formula is C21H24N2O2. The van der Waals surface area contributed by atoms with E-state index in [1.165, 1.54) is 0 Å². The number of hydrogen-bond donors (Lipinski definition) is 2. The van der Waals surface area contributed by atoms with Crippen LogP contribution < -0.4 is 10.6 Å². The second kappa shape index (κ2) is 7.51. The summed E-state index contributed by atoms with van der Waals surface area (Å²) in [6.45, 7) is 4.16. The molecule has 3 rings (SSSR count). The molecule has 2 aromatic rings. The topological polar surface area (TPSA) is 58.2 Å². The summed E-state index contributed by atoms with van der Waals surface area (Å²) < 4.78 is 0. The maximum absolute atomic E-state index is 12.6. The van der Waals surface area contributed by atoms with Gasteiger partial charge in [0.05, 0.1) is 11.8 Å². The monoisotopic (exact) mass is 336 g/mol. The van der Waals surface area contributed by atoms with Crippen LogP contribution in [0.5, 0.6) is 0 Å². The standard InChI is InChI=1S/C21H24N2O2/c1-3-14-9-8-10-15(4-2)19(14)23-21(25)18-13-17(18)20(24)22-16-11-6-5-7-12-16/h5-12,17-18H,3-4,13H2,1-2H3,(H,22,24)(H,23,25). The van der Waals surface area contributed by atoms with Crippen LogP contribution in [0.3, 0.4) is 0 Å². The van der Waals surface area contributed by atoms with E-state index in [0.29, 0.717) is 6.42 Å². The summed E-state index contributed by atoms with van der Waals surface area (Å²) in [5.41, 5.74) is 3.96. The van der Waals surface area contributed by atoms with Crippen LogP contribution in [0.4, 0.5) is 11.4 Å². The van der Waals surface area contributed by atoms with Crippen LogP contribution in [0.25, 0.3) is 0 Å². The third kappa shape index (κ3) is 3.90. The number of aryl methyl sites for hydroxylation is 2. The Kier molecular flexibility index (Phi) is 5.17. The average molecular weight is 336 g/mol. The molecular weight excluding hydrogens is 312 g/mol. The van der Waals surface area contributed by atoms with Gasteiger partial charge in [-0.25, -0.2) is 0 Å². The van der Waals surface area contributed by atoms with Crippen molar-refractivity contribution in [3.63, 3.8) is 0 Å². The Bertz CT molecular complexity index is 748. The summed E-state index contributed by atoms with van der Waals surface area (Å²) in [7, 11) is 0. The molecule has 2 amide bonds. The number of carbonyl (C=O) groups is 2. The molecule has 1 saturated carbocycles. The van der Waals surface area contributed by atoms with Gasteiger partial charge in [-0.3, -0.25) is 9.59 Å². The van der Waals surface area contributed by atoms with Crippen molar-refractivity contribution >= 4 is 23.2 Å². The molecule has 0 saturated heterocycles. The summed E-state index contributed by atoms with van der Waals surface area (Å²) in [5.74, 6) is -0.605. The Balaban J connectivity index is 1.63. The number of anilines is 2.